The molecule has 0 aromatic carbocycles. The SMILES string of the molecule is CC[C@H]1CCO[C@@H](C)C1. The van der Waals surface area contributed by atoms with Crippen LogP contribution in [0.25, 0.3) is 0 Å². The average Bonchev–Trinajstić information content (AvgIpc) is 1.88. The molecule has 1 heterocycles. The Balaban J connectivity index is 2.23. The van der Waals surface area contributed by atoms with Gasteiger partial charge in [0.05, 0.1) is 6.10 Å². The predicted octanol–water partition coefficient (Wildman–Crippen LogP) is 2.21. The summed E-state index contributed by atoms with van der Waals surface area (Å²) in [6, 6.07) is 0. The Morgan fingerprint density at radius 2 is 2.33 bits per heavy atom. The van der Waals surface area contributed by atoms with E-state index >= 15 is 0 Å². The Labute approximate surface area is 57.4 Å². The molecule has 1 rings (SSSR count). The number of hydrogen-bond donors (Lipinski definition) is 0. The molecule has 1 nitrogen and oxygen atoms in total. The highest BCUT2D eigenvalue weighted by molar-refractivity contribution is 4.66. The highest BCUT2D eigenvalue weighted by Gasteiger charge is 2.16. The summed E-state index contributed by atoms with van der Waals surface area (Å²) in [4.78, 5) is 0. The molecule has 0 saturated carbocycles. The van der Waals surface area contributed by atoms with Crippen molar-refractivity contribution in [3.05, 3.63) is 0 Å². The molecule has 0 spiro atoms. The third kappa shape index (κ3) is 1.98. The van der Waals surface area contributed by atoms with Crippen LogP contribution in [0.5, 0.6) is 0 Å². The zero-order valence-corrected chi connectivity index (χ0v) is 6.39. The van der Waals surface area contributed by atoms with Gasteiger partial charge in [0, 0.05) is 6.61 Å². The molecular formula is C8H16O. The van der Waals surface area contributed by atoms with Gasteiger partial charge < -0.3 is 4.74 Å². The lowest BCUT2D eigenvalue weighted by atomic mass is 9.94. The van der Waals surface area contributed by atoms with Crippen LogP contribution in [0.2, 0.25) is 0 Å². The maximum absolute atomic E-state index is 5.41. The molecule has 1 aliphatic rings. The highest BCUT2D eigenvalue weighted by Crippen LogP contribution is 2.21. The molecule has 0 aromatic rings. The Morgan fingerprint density at radius 1 is 1.56 bits per heavy atom. The van der Waals surface area contributed by atoms with E-state index in [1.54, 1.807) is 0 Å². The molecule has 1 heteroatoms. The minimum Gasteiger partial charge on any atom is -0.378 e. The van der Waals surface area contributed by atoms with Crippen LogP contribution in [0, 0.1) is 5.92 Å². The van der Waals surface area contributed by atoms with Gasteiger partial charge in [0.1, 0.15) is 0 Å². The second kappa shape index (κ2) is 3.21. The first-order valence-corrected chi connectivity index (χ1v) is 3.94. The maximum atomic E-state index is 5.41. The summed E-state index contributed by atoms with van der Waals surface area (Å²) in [7, 11) is 0. The molecule has 0 aromatic heterocycles. The van der Waals surface area contributed by atoms with Crippen molar-refractivity contribution in [2.45, 2.75) is 39.2 Å². The molecular weight excluding hydrogens is 112 g/mol. The van der Waals surface area contributed by atoms with Gasteiger partial charge >= 0.3 is 0 Å². The Hall–Kier alpha value is -0.0400. The molecule has 1 aliphatic heterocycles. The summed E-state index contributed by atoms with van der Waals surface area (Å²) < 4.78 is 5.41. The second-order valence-electron chi connectivity index (χ2n) is 2.98. The molecule has 54 valence electrons. The van der Waals surface area contributed by atoms with E-state index in [4.69, 9.17) is 4.74 Å². The number of rotatable bonds is 1. The van der Waals surface area contributed by atoms with Crippen molar-refractivity contribution in [1.29, 1.82) is 0 Å². The van der Waals surface area contributed by atoms with E-state index in [0.717, 1.165) is 12.5 Å². The molecule has 0 amide bonds. The minimum atomic E-state index is 0.517. The van der Waals surface area contributed by atoms with E-state index < -0.39 is 0 Å². The van der Waals surface area contributed by atoms with Crippen molar-refractivity contribution < 1.29 is 4.74 Å². The predicted molar refractivity (Wildman–Crippen MR) is 38.4 cm³/mol. The third-order valence-corrected chi connectivity index (χ3v) is 2.17. The smallest absolute Gasteiger partial charge is 0.0549 e. The zero-order chi connectivity index (χ0) is 6.69. The first kappa shape index (κ1) is 7.07. The van der Waals surface area contributed by atoms with Crippen LogP contribution in [-0.2, 0) is 4.74 Å². The van der Waals surface area contributed by atoms with Crippen LogP contribution in [0.1, 0.15) is 33.1 Å². The summed E-state index contributed by atoms with van der Waals surface area (Å²) in [6.07, 6.45) is 4.40. The summed E-state index contributed by atoms with van der Waals surface area (Å²) >= 11 is 0. The molecule has 0 N–H and O–H groups in total. The molecule has 9 heavy (non-hydrogen) atoms. The topological polar surface area (TPSA) is 9.23 Å². The molecule has 1 fully saturated rings. The van der Waals surface area contributed by atoms with Gasteiger partial charge in [-0.1, -0.05) is 13.3 Å². The lowest BCUT2D eigenvalue weighted by Crippen LogP contribution is -2.22. The highest BCUT2D eigenvalue weighted by atomic mass is 16.5. The second-order valence-corrected chi connectivity index (χ2v) is 2.98. The van der Waals surface area contributed by atoms with E-state index in [0.29, 0.717) is 6.10 Å². The van der Waals surface area contributed by atoms with Crippen molar-refractivity contribution in [2.24, 2.45) is 5.92 Å². The van der Waals surface area contributed by atoms with Crippen LogP contribution in [-0.4, -0.2) is 12.7 Å². The van der Waals surface area contributed by atoms with Gasteiger partial charge in [-0.15, -0.1) is 0 Å². The quantitative estimate of drug-likeness (QED) is 0.526. The van der Waals surface area contributed by atoms with Crippen molar-refractivity contribution in [3.63, 3.8) is 0 Å². The Morgan fingerprint density at radius 3 is 2.78 bits per heavy atom. The minimum absolute atomic E-state index is 0.517. The van der Waals surface area contributed by atoms with Gasteiger partial charge in [0.15, 0.2) is 0 Å². The summed E-state index contributed by atoms with van der Waals surface area (Å²) in [5.41, 5.74) is 0. The number of ether oxygens (including phenoxy) is 1. The largest absolute Gasteiger partial charge is 0.378 e. The monoisotopic (exact) mass is 128 g/mol. The molecule has 0 radical (unpaired) electrons. The van der Waals surface area contributed by atoms with E-state index in [-0.39, 0.29) is 0 Å². The summed E-state index contributed by atoms with van der Waals surface area (Å²) in [5, 5.41) is 0. The molecule has 0 bridgehead atoms. The maximum Gasteiger partial charge on any atom is 0.0549 e. The molecule has 2 atom stereocenters. The van der Waals surface area contributed by atoms with Gasteiger partial charge in [0.25, 0.3) is 0 Å². The summed E-state index contributed by atoms with van der Waals surface area (Å²) in [6.45, 7) is 5.42. The Bertz CT molecular complexity index is 80.6. The normalized spacial score (nSPS) is 36.7. The van der Waals surface area contributed by atoms with Gasteiger partial charge in [-0.3, -0.25) is 0 Å². The van der Waals surface area contributed by atoms with Crippen LogP contribution in [0.3, 0.4) is 0 Å². The fraction of sp³-hybridized carbons (Fsp3) is 1.00. The fourth-order valence-corrected chi connectivity index (χ4v) is 1.46. The van der Waals surface area contributed by atoms with Gasteiger partial charge in [-0.25, -0.2) is 0 Å². The van der Waals surface area contributed by atoms with E-state index in [1.165, 1.54) is 19.3 Å². The van der Waals surface area contributed by atoms with Crippen molar-refractivity contribution in [2.75, 3.05) is 6.61 Å². The fourth-order valence-electron chi connectivity index (χ4n) is 1.46. The first-order chi connectivity index (χ1) is 4.33. The van der Waals surface area contributed by atoms with Crippen LogP contribution in [0.15, 0.2) is 0 Å². The first-order valence-electron chi connectivity index (χ1n) is 3.94. The van der Waals surface area contributed by atoms with E-state index in [1.807, 2.05) is 0 Å². The van der Waals surface area contributed by atoms with Gasteiger partial charge in [-0.2, -0.15) is 0 Å². The average molecular weight is 128 g/mol. The van der Waals surface area contributed by atoms with E-state index in [9.17, 15) is 0 Å². The molecule has 0 unspecified atom stereocenters. The third-order valence-electron chi connectivity index (χ3n) is 2.17. The lowest BCUT2D eigenvalue weighted by Gasteiger charge is -2.25. The van der Waals surface area contributed by atoms with Crippen molar-refractivity contribution >= 4 is 0 Å². The van der Waals surface area contributed by atoms with Gasteiger partial charge in [0.2, 0.25) is 0 Å². The van der Waals surface area contributed by atoms with E-state index in [2.05, 4.69) is 13.8 Å². The van der Waals surface area contributed by atoms with Crippen LogP contribution >= 0.6 is 0 Å². The van der Waals surface area contributed by atoms with Crippen molar-refractivity contribution in [1.82, 2.24) is 0 Å². The lowest BCUT2D eigenvalue weighted by molar-refractivity contribution is 0.00195. The van der Waals surface area contributed by atoms with Gasteiger partial charge in [-0.05, 0) is 25.7 Å². The van der Waals surface area contributed by atoms with Crippen LogP contribution < -0.4 is 0 Å². The number of hydrogen-bond acceptors (Lipinski definition) is 1. The zero-order valence-electron chi connectivity index (χ0n) is 6.39. The summed E-state index contributed by atoms with van der Waals surface area (Å²) in [5.74, 6) is 0.939. The van der Waals surface area contributed by atoms with Crippen LogP contribution in [0.4, 0.5) is 0 Å². The molecule has 0 aliphatic carbocycles. The standard InChI is InChI=1S/C8H16O/c1-3-8-4-5-9-7(2)6-8/h7-8H,3-6H2,1-2H3/t7-,8-/m0/s1. The Kier molecular flexibility index (Phi) is 2.52. The van der Waals surface area contributed by atoms with Crippen molar-refractivity contribution in [3.8, 4) is 0 Å². The molecule has 1 saturated heterocycles.